The summed E-state index contributed by atoms with van der Waals surface area (Å²) in [6.45, 7) is 1.91. The first kappa shape index (κ1) is 17.0. The number of alkyl halides is 3. The number of hydrogen-bond donors (Lipinski definition) is 2. The maximum atomic E-state index is 12.8. The van der Waals surface area contributed by atoms with Crippen molar-refractivity contribution in [3.05, 3.63) is 65.2 Å². The van der Waals surface area contributed by atoms with Crippen LogP contribution in [0.1, 0.15) is 16.7 Å². The Bertz CT molecular complexity index is 727. The predicted molar refractivity (Wildman–Crippen MR) is 89.6 cm³/mol. The van der Waals surface area contributed by atoms with Gasteiger partial charge in [0.05, 0.1) is 11.8 Å². The van der Waals surface area contributed by atoms with Gasteiger partial charge in [0.25, 0.3) is 0 Å². The van der Waals surface area contributed by atoms with E-state index in [1.165, 1.54) is 18.2 Å². The lowest BCUT2D eigenvalue weighted by Crippen LogP contribution is -2.24. The standard InChI is InChI=1S/C16H14F3N3S/c1-11-6-2-5-9-14(11)21-15(23)22-20-10-12-7-3-4-8-13(12)16(17,18)19/h2-10H,1H3,(H2,21,22,23)/b20-10-. The van der Waals surface area contributed by atoms with Crippen molar-refractivity contribution >= 4 is 29.2 Å². The minimum absolute atomic E-state index is 0.0359. The zero-order valence-electron chi connectivity index (χ0n) is 12.2. The molecule has 2 N–H and O–H groups in total. The maximum absolute atomic E-state index is 12.8. The molecule has 0 fully saturated rings. The number of benzene rings is 2. The summed E-state index contributed by atoms with van der Waals surface area (Å²) >= 11 is 5.06. The molecule has 0 atom stereocenters. The van der Waals surface area contributed by atoms with Crippen molar-refractivity contribution in [1.29, 1.82) is 0 Å². The Hall–Kier alpha value is -2.41. The summed E-state index contributed by atoms with van der Waals surface area (Å²) in [4.78, 5) is 0. The van der Waals surface area contributed by atoms with Gasteiger partial charge in [0.2, 0.25) is 0 Å². The lowest BCUT2D eigenvalue weighted by molar-refractivity contribution is -0.137. The average molecular weight is 337 g/mol. The fourth-order valence-corrected chi connectivity index (χ4v) is 2.05. The molecule has 120 valence electrons. The van der Waals surface area contributed by atoms with Gasteiger partial charge in [0, 0.05) is 11.3 Å². The molecule has 0 bridgehead atoms. The highest BCUT2D eigenvalue weighted by molar-refractivity contribution is 7.80. The lowest BCUT2D eigenvalue weighted by Gasteiger charge is -2.10. The molecule has 0 spiro atoms. The first-order valence-corrected chi connectivity index (χ1v) is 7.10. The molecule has 0 radical (unpaired) electrons. The van der Waals surface area contributed by atoms with Gasteiger partial charge in [-0.25, -0.2) is 0 Å². The first-order chi connectivity index (χ1) is 10.9. The maximum Gasteiger partial charge on any atom is 0.417 e. The second-order valence-electron chi connectivity index (χ2n) is 4.72. The number of nitrogens with one attached hydrogen (secondary N) is 2. The summed E-state index contributed by atoms with van der Waals surface area (Å²) < 4.78 is 38.5. The molecule has 2 aromatic carbocycles. The minimum atomic E-state index is -4.43. The van der Waals surface area contributed by atoms with Crippen LogP contribution in [0.3, 0.4) is 0 Å². The molecule has 0 aliphatic heterocycles. The molecule has 0 heterocycles. The van der Waals surface area contributed by atoms with Gasteiger partial charge in [0.1, 0.15) is 0 Å². The molecule has 0 unspecified atom stereocenters. The SMILES string of the molecule is Cc1ccccc1NC(=S)N/N=C\c1ccccc1C(F)(F)F. The number of hydrazone groups is 1. The van der Waals surface area contributed by atoms with Gasteiger partial charge in [0.15, 0.2) is 5.11 Å². The average Bonchev–Trinajstić information content (AvgIpc) is 2.49. The normalized spacial score (nSPS) is 11.5. The molecule has 0 amide bonds. The van der Waals surface area contributed by atoms with E-state index in [1.54, 1.807) is 0 Å². The van der Waals surface area contributed by atoms with E-state index < -0.39 is 11.7 Å². The van der Waals surface area contributed by atoms with Gasteiger partial charge in [-0.1, -0.05) is 36.4 Å². The summed E-state index contributed by atoms with van der Waals surface area (Å²) in [6.07, 6.45) is -3.34. The van der Waals surface area contributed by atoms with Crippen LogP contribution < -0.4 is 10.7 Å². The van der Waals surface area contributed by atoms with Gasteiger partial charge in [-0.15, -0.1) is 0 Å². The third-order valence-corrected chi connectivity index (χ3v) is 3.22. The highest BCUT2D eigenvalue weighted by Gasteiger charge is 2.32. The third-order valence-electron chi connectivity index (χ3n) is 3.03. The summed E-state index contributed by atoms with van der Waals surface area (Å²) in [6, 6.07) is 12.7. The first-order valence-electron chi connectivity index (χ1n) is 6.70. The number of nitrogens with zero attached hydrogens (tertiary/aromatic N) is 1. The van der Waals surface area contributed by atoms with Gasteiger partial charge in [-0.05, 0) is 36.8 Å². The topological polar surface area (TPSA) is 36.4 Å². The van der Waals surface area contributed by atoms with Crippen LogP contribution in [-0.2, 0) is 6.18 Å². The van der Waals surface area contributed by atoms with E-state index in [0.29, 0.717) is 0 Å². The summed E-state index contributed by atoms with van der Waals surface area (Å²) in [5, 5.41) is 6.88. The van der Waals surface area contributed by atoms with E-state index in [4.69, 9.17) is 12.2 Å². The van der Waals surface area contributed by atoms with Crippen molar-refractivity contribution in [3.8, 4) is 0 Å². The quantitative estimate of drug-likeness (QED) is 0.497. The van der Waals surface area contributed by atoms with Crippen molar-refractivity contribution in [2.45, 2.75) is 13.1 Å². The van der Waals surface area contributed by atoms with Crippen molar-refractivity contribution in [2.75, 3.05) is 5.32 Å². The fraction of sp³-hybridized carbons (Fsp3) is 0.125. The molecule has 2 rings (SSSR count). The van der Waals surface area contributed by atoms with Crippen LogP contribution >= 0.6 is 12.2 Å². The highest BCUT2D eigenvalue weighted by Crippen LogP contribution is 2.31. The van der Waals surface area contributed by atoms with Crippen LogP contribution in [0.5, 0.6) is 0 Å². The molecular formula is C16H14F3N3S. The van der Waals surface area contributed by atoms with E-state index in [-0.39, 0.29) is 10.7 Å². The second-order valence-corrected chi connectivity index (χ2v) is 5.13. The number of thiocarbonyl (C=S) groups is 1. The van der Waals surface area contributed by atoms with Crippen LogP contribution in [0, 0.1) is 6.92 Å². The monoisotopic (exact) mass is 337 g/mol. The van der Waals surface area contributed by atoms with Gasteiger partial charge >= 0.3 is 6.18 Å². The van der Waals surface area contributed by atoms with Crippen LogP contribution in [0.25, 0.3) is 0 Å². The van der Waals surface area contributed by atoms with E-state index in [9.17, 15) is 13.2 Å². The summed E-state index contributed by atoms with van der Waals surface area (Å²) in [5.74, 6) is 0. The molecule has 0 saturated carbocycles. The minimum Gasteiger partial charge on any atom is -0.331 e. The Kier molecular flexibility index (Phi) is 5.33. The van der Waals surface area contributed by atoms with Crippen LogP contribution in [0.2, 0.25) is 0 Å². The largest absolute Gasteiger partial charge is 0.417 e. The summed E-state index contributed by atoms with van der Waals surface area (Å²) in [5.41, 5.74) is 3.52. The number of halogens is 3. The molecule has 0 aliphatic rings. The van der Waals surface area contributed by atoms with Crippen molar-refractivity contribution in [1.82, 2.24) is 5.43 Å². The Morgan fingerprint density at radius 3 is 2.43 bits per heavy atom. The van der Waals surface area contributed by atoms with Gasteiger partial charge < -0.3 is 5.32 Å². The van der Waals surface area contributed by atoms with E-state index >= 15 is 0 Å². The van der Waals surface area contributed by atoms with Crippen LogP contribution in [-0.4, -0.2) is 11.3 Å². The predicted octanol–water partition coefficient (Wildman–Crippen LogP) is 4.33. The molecule has 2 aromatic rings. The number of aryl methyl sites for hydroxylation is 1. The molecule has 23 heavy (non-hydrogen) atoms. The Balaban J connectivity index is 2.03. The number of rotatable bonds is 3. The van der Waals surface area contributed by atoms with E-state index in [0.717, 1.165) is 23.5 Å². The zero-order chi connectivity index (χ0) is 16.9. The highest BCUT2D eigenvalue weighted by atomic mass is 32.1. The molecule has 7 heteroatoms. The van der Waals surface area contributed by atoms with Crippen molar-refractivity contribution in [3.63, 3.8) is 0 Å². The Morgan fingerprint density at radius 2 is 1.74 bits per heavy atom. The Labute approximate surface area is 137 Å². The van der Waals surface area contributed by atoms with Gasteiger partial charge in [-0.2, -0.15) is 18.3 Å². The molecule has 0 saturated heterocycles. The fourth-order valence-electron chi connectivity index (χ4n) is 1.89. The molecule has 0 aliphatic carbocycles. The second kappa shape index (κ2) is 7.23. The smallest absolute Gasteiger partial charge is 0.331 e. The molecule has 3 nitrogen and oxygen atoms in total. The molecule has 0 aromatic heterocycles. The number of hydrogen-bond acceptors (Lipinski definition) is 2. The zero-order valence-corrected chi connectivity index (χ0v) is 13.0. The lowest BCUT2D eigenvalue weighted by atomic mass is 10.1. The van der Waals surface area contributed by atoms with Gasteiger partial charge in [-0.3, -0.25) is 5.43 Å². The van der Waals surface area contributed by atoms with Crippen molar-refractivity contribution < 1.29 is 13.2 Å². The van der Waals surface area contributed by atoms with E-state index in [2.05, 4.69) is 15.8 Å². The van der Waals surface area contributed by atoms with Crippen molar-refractivity contribution in [2.24, 2.45) is 5.10 Å². The van der Waals surface area contributed by atoms with E-state index in [1.807, 2.05) is 31.2 Å². The molecular weight excluding hydrogens is 323 g/mol. The Morgan fingerprint density at radius 1 is 1.09 bits per heavy atom. The number of anilines is 1. The summed E-state index contributed by atoms with van der Waals surface area (Å²) in [7, 11) is 0. The third kappa shape index (κ3) is 4.79. The van der Waals surface area contributed by atoms with Crippen LogP contribution in [0.4, 0.5) is 18.9 Å². The number of para-hydroxylation sites is 1. The van der Waals surface area contributed by atoms with Crippen LogP contribution in [0.15, 0.2) is 53.6 Å².